The van der Waals surface area contributed by atoms with Crippen LogP contribution in [-0.4, -0.2) is 18.2 Å². The molecule has 0 unspecified atom stereocenters. The second-order valence-electron chi connectivity index (χ2n) is 2.47. The summed E-state index contributed by atoms with van der Waals surface area (Å²) in [7, 11) is 1.42. The number of carboxylic acids is 1. The Kier molecular flexibility index (Phi) is 3.43. The molecular formula is C8H7ClINO3. The van der Waals surface area contributed by atoms with Gasteiger partial charge >= 0.3 is 5.97 Å². The Labute approximate surface area is 99.1 Å². The summed E-state index contributed by atoms with van der Waals surface area (Å²) in [6.45, 7) is 0. The van der Waals surface area contributed by atoms with Gasteiger partial charge in [-0.25, -0.2) is 4.79 Å². The van der Waals surface area contributed by atoms with Gasteiger partial charge in [0.2, 0.25) is 0 Å². The van der Waals surface area contributed by atoms with Gasteiger partial charge in [-0.1, -0.05) is 11.6 Å². The average Bonchev–Trinajstić information content (AvgIpc) is 2.14. The molecule has 3 N–H and O–H groups in total. The van der Waals surface area contributed by atoms with E-state index >= 15 is 0 Å². The summed E-state index contributed by atoms with van der Waals surface area (Å²) in [5.41, 5.74) is 5.99. The van der Waals surface area contributed by atoms with Crippen LogP contribution in [0.4, 0.5) is 5.69 Å². The summed E-state index contributed by atoms with van der Waals surface area (Å²) < 4.78 is 5.41. The van der Waals surface area contributed by atoms with Crippen LogP contribution in [0.1, 0.15) is 10.4 Å². The lowest BCUT2D eigenvalue weighted by molar-refractivity contribution is 0.0696. The Hall–Kier alpha value is -0.690. The van der Waals surface area contributed by atoms with Crippen molar-refractivity contribution in [1.82, 2.24) is 0 Å². The molecule has 0 spiro atoms. The van der Waals surface area contributed by atoms with E-state index in [0.717, 1.165) is 0 Å². The van der Waals surface area contributed by atoms with Gasteiger partial charge in [0.1, 0.15) is 5.75 Å². The summed E-state index contributed by atoms with van der Waals surface area (Å²) in [4.78, 5) is 10.8. The topological polar surface area (TPSA) is 72.5 Å². The predicted molar refractivity (Wildman–Crippen MR) is 62.1 cm³/mol. The van der Waals surface area contributed by atoms with E-state index in [1.165, 1.54) is 13.2 Å². The number of ether oxygens (including phenoxy) is 1. The van der Waals surface area contributed by atoms with E-state index in [9.17, 15) is 4.79 Å². The zero-order valence-electron chi connectivity index (χ0n) is 7.17. The minimum atomic E-state index is -1.11. The monoisotopic (exact) mass is 327 g/mol. The van der Waals surface area contributed by atoms with E-state index in [1.54, 1.807) is 0 Å². The summed E-state index contributed by atoms with van der Waals surface area (Å²) in [6.07, 6.45) is 0. The first-order chi connectivity index (χ1) is 6.49. The lowest BCUT2D eigenvalue weighted by Gasteiger charge is -2.09. The second-order valence-corrected chi connectivity index (χ2v) is 3.93. The number of methoxy groups -OCH3 is 1. The molecule has 0 fully saturated rings. The lowest BCUT2D eigenvalue weighted by Crippen LogP contribution is -2.03. The fourth-order valence-electron chi connectivity index (χ4n) is 0.941. The number of benzene rings is 1. The number of nitrogens with two attached hydrogens (primary N) is 1. The third-order valence-electron chi connectivity index (χ3n) is 1.66. The number of rotatable bonds is 2. The van der Waals surface area contributed by atoms with E-state index in [-0.39, 0.29) is 10.6 Å². The van der Waals surface area contributed by atoms with E-state index in [2.05, 4.69) is 0 Å². The van der Waals surface area contributed by atoms with Gasteiger partial charge in [-0.3, -0.25) is 0 Å². The quantitative estimate of drug-likeness (QED) is 0.645. The number of carboxylic acid groups (broad SMARTS) is 1. The fourth-order valence-corrected chi connectivity index (χ4v) is 1.73. The first-order valence-electron chi connectivity index (χ1n) is 3.53. The van der Waals surface area contributed by atoms with Crippen LogP contribution in [0.2, 0.25) is 5.02 Å². The maximum atomic E-state index is 10.8. The van der Waals surface area contributed by atoms with Crippen LogP contribution in [0.5, 0.6) is 5.75 Å². The SMILES string of the molecule is COc1cc(C(=O)O)c(Cl)c(I)c1N. The van der Waals surface area contributed by atoms with Crippen LogP contribution < -0.4 is 10.5 Å². The number of nitrogen functional groups attached to an aromatic ring is 1. The first kappa shape index (κ1) is 11.4. The molecule has 0 heterocycles. The maximum Gasteiger partial charge on any atom is 0.337 e. The zero-order valence-corrected chi connectivity index (χ0v) is 10.1. The molecule has 0 aliphatic carbocycles. The van der Waals surface area contributed by atoms with Crippen molar-refractivity contribution in [3.05, 3.63) is 20.2 Å². The van der Waals surface area contributed by atoms with Crippen LogP contribution in [0, 0.1) is 3.57 Å². The van der Waals surface area contributed by atoms with Crippen molar-refractivity contribution in [3.63, 3.8) is 0 Å². The van der Waals surface area contributed by atoms with E-state index < -0.39 is 5.97 Å². The number of aromatic carboxylic acids is 1. The summed E-state index contributed by atoms with van der Waals surface area (Å²) in [5.74, 6) is -0.789. The van der Waals surface area contributed by atoms with Crippen LogP contribution in [-0.2, 0) is 0 Å². The lowest BCUT2D eigenvalue weighted by atomic mass is 10.2. The predicted octanol–water partition coefficient (Wildman–Crippen LogP) is 2.23. The molecule has 14 heavy (non-hydrogen) atoms. The molecule has 0 aromatic heterocycles. The Balaban J connectivity index is 3.48. The van der Waals surface area contributed by atoms with Gasteiger partial charge in [-0.15, -0.1) is 0 Å². The summed E-state index contributed by atoms with van der Waals surface area (Å²) >= 11 is 7.68. The highest BCUT2D eigenvalue weighted by Gasteiger charge is 2.17. The molecule has 0 saturated carbocycles. The van der Waals surface area contributed by atoms with Gasteiger partial charge in [0, 0.05) is 0 Å². The highest BCUT2D eigenvalue weighted by atomic mass is 127. The standard InChI is InChI=1S/C8H7ClINO3/c1-14-4-2-3(8(12)13)5(9)6(10)7(4)11/h2H,11H2,1H3,(H,12,13). The molecular weight excluding hydrogens is 320 g/mol. The van der Waals surface area contributed by atoms with Crippen LogP contribution in [0.25, 0.3) is 0 Å². The molecule has 4 nitrogen and oxygen atoms in total. The van der Waals surface area contributed by atoms with Gasteiger partial charge in [-0.2, -0.15) is 0 Å². The van der Waals surface area contributed by atoms with Crippen LogP contribution in [0.15, 0.2) is 6.07 Å². The van der Waals surface area contributed by atoms with Crippen LogP contribution in [0.3, 0.4) is 0 Å². The third kappa shape index (κ3) is 1.88. The fraction of sp³-hybridized carbons (Fsp3) is 0.125. The highest BCUT2D eigenvalue weighted by molar-refractivity contribution is 14.1. The average molecular weight is 328 g/mol. The first-order valence-corrected chi connectivity index (χ1v) is 4.99. The van der Waals surface area contributed by atoms with E-state index in [0.29, 0.717) is 15.0 Å². The van der Waals surface area contributed by atoms with E-state index in [4.69, 9.17) is 27.2 Å². The largest absolute Gasteiger partial charge is 0.495 e. The maximum absolute atomic E-state index is 10.8. The Morgan fingerprint density at radius 2 is 2.29 bits per heavy atom. The molecule has 0 radical (unpaired) electrons. The summed E-state index contributed by atoms with van der Waals surface area (Å²) in [6, 6.07) is 1.31. The third-order valence-corrected chi connectivity index (χ3v) is 3.49. The zero-order chi connectivity index (χ0) is 10.9. The molecule has 6 heteroatoms. The Bertz CT molecular complexity index is 395. The molecule has 0 saturated heterocycles. The van der Waals surface area contributed by atoms with Crippen molar-refractivity contribution in [3.8, 4) is 5.75 Å². The Morgan fingerprint density at radius 3 is 2.71 bits per heavy atom. The molecule has 1 aromatic rings. The molecule has 0 atom stereocenters. The van der Waals surface area contributed by atoms with Crippen molar-refractivity contribution >= 4 is 45.8 Å². The Morgan fingerprint density at radius 1 is 1.71 bits per heavy atom. The molecule has 1 aromatic carbocycles. The highest BCUT2D eigenvalue weighted by Crippen LogP contribution is 2.35. The number of halogens is 2. The van der Waals surface area contributed by atoms with Crippen molar-refractivity contribution < 1.29 is 14.6 Å². The van der Waals surface area contributed by atoms with Crippen molar-refractivity contribution in [2.45, 2.75) is 0 Å². The summed E-state index contributed by atoms with van der Waals surface area (Å²) in [5, 5.41) is 8.95. The molecule has 0 bridgehead atoms. The molecule has 76 valence electrons. The minimum absolute atomic E-state index is 0.0119. The molecule has 0 aliphatic heterocycles. The minimum Gasteiger partial charge on any atom is -0.495 e. The van der Waals surface area contributed by atoms with Gasteiger partial charge in [0.25, 0.3) is 0 Å². The van der Waals surface area contributed by atoms with Crippen LogP contribution >= 0.6 is 34.2 Å². The van der Waals surface area contributed by atoms with Gasteiger partial charge in [-0.05, 0) is 28.7 Å². The van der Waals surface area contributed by atoms with Gasteiger partial charge in [0.05, 0.1) is 27.0 Å². The number of hydrogen-bond donors (Lipinski definition) is 2. The molecule has 0 aliphatic rings. The van der Waals surface area contributed by atoms with Gasteiger partial charge in [0.15, 0.2) is 0 Å². The molecule has 1 rings (SSSR count). The van der Waals surface area contributed by atoms with E-state index in [1.807, 2.05) is 22.6 Å². The van der Waals surface area contributed by atoms with Gasteiger partial charge < -0.3 is 15.6 Å². The second kappa shape index (κ2) is 4.22. The number of hydrogen-bond acceptors (Lipinski definition) is 3. The number of carbonyl (C=O) groups is 1. The van der Waals surface area contributed by atoms with Crippen molar-refractivity contribution in [2.24, 2.45) is 0 Å². The number of anilines is 1. The van der Waals surface area contributed by atoms with Crippen molar-refractivity contribution in [2.75, 3.05) is 12.8 Å². The normalized spacial score (nSPS) is 9.93. The van der Waals surface area contributed by atoms with Crippen molar-refractivity contribution in [1.29, 1.82) is 0 Å². The smallest absolute Gasteiger partial charge is 0.337 e. The molecule has 0 amide bonds.